The highest BCUT2D eigenvalue weighted by atomic mass is 32.2. The van der Waals surface area contributed by atoms with E-state index in [0.717, 1.165) is 39.7 Å². The summed E-state index contributed by atoms with van der Waals surface area (Å²) in [6.45, 7) is 5.84. The van der Waals surface area contributed by atoms with Crippen LogP contribution in [0.15, 0.2) is 53.6 Å². The number of carboxylic acid groups (broad SMARTS) is 1. The molecule has 9 nitrogen and oxygen atoms in total. The van der Waals surface area contributed by atoms with Gasteiger partial charge in [0.15, 0.2) is 5.65 Å². The Bertz CT molecular complexity index is 1780. The van der Waals surface area contributed by atoms with Gasteiger partial charge in [0.1, 0.15) is 27.9 Å². The normalized spacial score (nSPS) is 18.2. The summed E-state index contributed by atoms with van der Waals surface area (Å²) in [4.78, 5) is 11.8. The number of carboxylic acids is 1. The molecule has 1 fully saturated rings. The molecule has 1 aliphatic carbocycles. The summed E-state index contributed by atoms with van der Waals surface area (Å²) >= 11 is 0. The highest BCUT2D eigenvalue weighted by molar-refractivity contribution is 7.89. The van der Waals surface area contributed by atoms with Crippen molar-refractivity contribution in [3.63, 3.8) is 0 Å². The zero-order valence-electron chi connectivity index (χ0n) is 22.4. The number of aryl methyl sites for hydroxylation is 3. The number of hydrogen-bond donors (Lipinski definition) is 1. The minimum atomic E-state index is -4.06. The number of carbonyl (C=O) groups is 1. The predicted octanol–water partition coefficient (Wildman–Crippen LogP) is 4.52. The van der Waals surface area contributed by atoms with Gasteiger partial charge in [-0.3, -0.25) is 9.20 Å². The second-order valence-electron chi connectivity index (χ2n) is 10.8. The topological polar surface area (TPSA) is 114 Å². The van der Waals surface area contributed by atoms with Crippen LogP contribution in [0.4, 0.5) is 4.39 Å². The quantitative estimate of drug-likeness (QED) is 0.366. The summed E-state index contributed by atoms with van der Waals surface area (Å²) in [7, 11) is -4.06. The second kappa shape index (κ2) is 9.38. The van der Waals surface area contributed by atoms with Gasteiger partial charge in [-0.1, -0.05) is 18.2 Å². The molecule has 1 saturated carbocycles. The first kappa shape index (κ1) is 26.4. The number of halogens is 1. The summed E-state index contributed by atoms with van der Waals surface area (Å²) in [5, 5.41) is 18.2. The van der Waals surface area contributed by atoms with E-state index in [9.17, 15) is 22.7 Å². The molecule has 2 aromatic carbocycles. The van der Waals surface area contributed by atoms with E-state index in [2.05, 4.69) is 10.2 Å². The smallest absolute Gasteiger partial charge is 0.304 e. The number of pyridine rings is 1. The molecule has 40 heavy (non-hydrogen) atoms. The first-order valence-corrected chi connectivity index (χ1v) is 14.5. The van der Waals surface area contributed by atoms with E-state index < -0.39 is 33.3 Å². The molecule has 1 aliphatic heterocycles. The Hall–Kier alpha value is -3.83. The summed E-state index contributed by atoms with van der Waals surface area (Å²) in [5.41, 5.74) is 4.03. The molecule has 0 unspecified atom stereocenters. The van der Waals surface area contributed by atoms with Gasteiger partial charge in [0.05, 0.1) is 13.0 Å². The molecule has 0 radical (unpaired) electrons. The van der Waals surface area contributed by atoms with Gasteiger partial charge in [0, 0.05) is 18.7 Å². The molecule has 0 bridgehead atoms. The average Bonchev–Trinajstić information content (AvgIpc) is 3.57. The molecule has 1 N–H and O–H groups in total. The summed E-state index contributed by atoms with van der Waals surface area (Å²) in [5.74, 6) is -1.20. The van der Waals surface area contributed by atoms with Crippen LogP contribution in [0, 0.1) is 26.6 Å². The molecule has 208 valence electrons. The fourth-order valence-corrected chi connectivity index (χ4v) is 7.18. The third-order valence-electron chi connectivity index (χ3n) is 8.04. The monoisotopic (exact) mass is 564 g/mol. The van der Waals surface area contributed by atoms with Crippen LogP contribution in [0.25, 0.3) is 5.65 Å². The standard InChI is InChI=1S/C29H29FN4O5S/c1-17-4-5-20(24(14-27(35)36)23-8-11-34-19(3)31-32-28(34)18(23)2)12-21(17)15-33-16-29(9-10-29)39-25-7-6-22(30)13-26(25)40(33,37)38/h4-8,11-13,24H,9-10,14-16H2,1-3H3,(H,35,36)/t24-/m0/s1. The van der Waals surface area contributed by atoms with E-state index in [-0.39, 0.29) is 30.2 Å². The number of aromatic nitrogens is 3. The Labute approximate surface area is 231 Å². The van der Waals surface area contributed by atoms with Crippen LogP contribution in [-0.2, 0) is 21.4 Å². The third kappa shape index (κ3) is 4.52. The molecule has 6 rings (SSSR count). The Morgan fingerprint density at radius 3 is 2.62 bits per heavy atom. The van der Waals surface area contributed by atoms with E-state index in [1.54, 1.807) is 0 Å². The molecule has 1 spiro atoms. The molecular formula is C29H29FN4O5S. The fraction of sp³-hybridized carbons (Fsp3) is 0.345. The van der Waals surface area contributed by atoms with Crippen molar-refractivity contribution in [2.24, 2.45) is 0 Å². The summed E-state index contributed by atoms with van der Waals surface area (Å²) in [6.07, 6.45) is 3.10. The summed E-state index contributed by atoms with van der Waals surface area (Å²) in [6, 6.07) is 11.1. The maximum Gasteiger partial charge on any atom is 0.304 e. The molecule has 0 saturated heterocycles. The Morgan fingerprint density at radius 1 is 1.12 bits per heavy atom. The molecule has 2 aromatic heterocycles. The minimum absolute atomic E-state index is 0.0459. The van der Waals surface area contributed by atoms with Crippen LogP contribution in [0.5, 0.6) is 5.75 Å². The van der Waals surface area contributed by atoms with Gasteiger partial charge in [-0.2, -0.15) is 4.31 Å². The lowest BCUT2D eigenvalue weighted by Gasteiger charge is -2.25. The number of rotatable bonds is 6. The zero-order valence-corrected chi connectivity index (χ0v) is 23.2. The average molecular weight is 565 g/mol. The van der Waals surface area contributed by atoms with Gasteiger partial charge < -0.3 is 9.84 Å². The maximum atomic E-state index is 14.1. The summed E-state index contributed by atoms with van der Waals surface area (Å²) < 4.78 is 51.0. The predicted molar refractivity (Wildman–Crippen MR) is 144 cm³/mol. The third-order valence-corrected chi connectivity index (χ3v) is 9.85. The van der Waals surface area contributed by atoms with Crippen LogP contribution in [0.1, 0.15) is 58.8 Å². The highest BCUT2D eigenvalue weighted by Gasteiger charge is 2.52. The Kier molecular flexibility index (Phi) is 6.19. The van der Waals surface area contributed by atoms with Crippen molar-refractivity contribution in [2.45, 2.75) is 63.0 Å². The van der Waals surface area contributed by atoms with Crippen molar-refractivity contribution in [3.05, 3.63) is 88.1 Å². The van der Waals surface area contributed by atoms with Gasteiger partial charge in [-0.25, -0.2) is 12.8 Å². The van der Waals surface area contributed by atoms with E-state index in [1.807, 2.05) is 55.6 Å². The van der Waals surface area contributed by atoms with Crippen molar-refractivity contribution < 1.29 is 27.4 Å². The van der Waals surface area contributed by atoms with Gasteiger partial charge >= 0.3 is 5.97 Å². The number of fused-ring (bicyclic) bond motifs is 2. The largest absolute Gasteiger partial charge is 0.484 e. The van der Waals surface area contributed by atoms with Crippen LogP contribution >= 0.6 is 0 Å². The van der Waals surface area contributed by atoms with Crippen molar-refractivity contribution in [3.8, 4) is 5.75 Å². The van der Waals surface area contributed by atoms with Crippen LogP contribution in [0.3, 0.4) is 0 Å². The molecule has 1 atom stereocenters. The van der Waals surface area contributed by atoms with Gasteiger partial charge in [0.25, 0.3) is 0 Å². The number of sulfonamides is 1. The minimum Gasteiger partial charge on any atom is -0.484 e. The number of ether oxygens (including phenoxy) is 1. The molecule has 0 amide bonds. The number of benzene rings is 2. The van der Waals surface area contributed by atoms with Crippen LogP contribution in [-0.4, -0.2) is 50.5 Å². The molecule has 2 aliphatic rings. The van der Waals surface area contributed by atoms with E-state index in [0.29, 0.717) is 18.5 Å². The van der Waals surface area contributed by atoms with Gasteiger partial charge in [0.2, 0.25) is 10.0 Å². The first-order valence-electron chi connectivity index (χ1n) is 13.1. The molecular weight excluding hydrogens is 535 g/mol. The number of aliphatic carboxylic acids is 1. The van der Waals surface area contributed by atoms with Crippen LogP contribution in [0.2, 0.25) is 0 Å². The van der Waals surface area contributed by atoms with Gasteiger partial charge in [-0.15, -0.1) is 10.2 Å². The van der Waals surface area contributed by atoms with E-state index >= 15 is 0 Å². The lowest BCUT2D eigenvalue weighted by molar-refractivity contribution is -0.137. The fourth-order valence-electron chi connectivity index (χ4n) is 5.56. The van der Waals surface area contributed by atoms with Crippen molar-refractivity contribution >= 4 is 21.6 Å². The lowest BCUT2D eigenvalue weighted by atomic mass is 9.85. The molecule has 3 heterocycles. The SMILES string of the molecule is Cc1ccc([C@H](CC(=O)O)c2ccn3c(C)nnc3c2C)cc1CN1CC2(CC2)Oc2ccc(F)cc2S1(=O)=O. The first-order chi connectivity index (χ1) is 19.0. The van der Waals surface area contributed by atoms with Crippen molar-refractivity contribution in [2.75, 3.05) is 6.54 Å². The number of hydrogen-bond acceptors (Lipinski definition) is 6. The Morgan fingerprint density at radius 2 is 1.90 bits per heavy atom. The van der Waals surface area contributed by atoms with Crippen molar-refractivity contribution in [1.82, 2.24) is 18.9 Å². The van der Waals surface area contributed by atoms with Crippen LogP contribution < -0.4 is 4.74 Å². The van der Waals surface area contributed by atoms with Crippen molar-refractivity contribution in [1.29, 1.82) is 0 Å². The zero-order chi connectivity index (χ0) is 28.4. The van der Waals surface area contributed by atoms with E-state index in [1.165, 1.54) is 16.4 Å². The molecule has 11 heteroatoms. The lowest BCUT2D eigenvalue weighted by Crippen LogP contribution is -2.38. The second-order valence-corrected chi connectivity index (χ2v) is 12.7. The highest BCUT2D eigenvalue weighted by Crippen LogP contribution is 2.47. The molecule has 4 aromatic rings. The van der Waals surface area contributed by atoms with E-state index in [4.69, 9.17) is 4.74 Å². The van der Waals surface area contributed by atoms with Gasteiger partial charge in [-0.05, 0) is 85.7 Å². The maximum absolute atomic E-state index is 14.1. The number of nitrogens with zero attached hydrogens (tertiary/aromatic N) is 4. The Balaban J connectivity index is 1.41.